The van der Waals surface area contributed by atoms with Gasteiger partial charge in [-0.2, -0.15) is 0 Å². The molecule has 0 aromatic carbocycles. The van der Waals surface area contributed by atoms with Crippen LogP contribution < -0.4 is 10.6 Å². The maximum Gasteiger partial charge on any atom is 0.240 e. The number of nitrogens with one attached hydrogen (secondary N) is 2. The molecule has 1 amide bonds. The number of imidazole rings is 1. The minimum absolute atomic E-state index is 0.0348. The number of aromatic nitrogens is 2. The summed E-state index contributed by atoms with van der Waals surface area (Å²) in [5, 5.41) is 5.78. The summed E-state index contributed by atoms with van der Waals surface area (Å²) in [5.41, 5.74) is 0.990. The van der Waals surface area contributed by atoms with Gasteiger partial charge in [0.2, 0.25) is 5.91 Å². The van der Waals surface area contributed by atoms with E-state index in [1.165, 1.54) is 0 Å². The Balaban J connectivity index is 2.39. The summed E-state index contributed by atoms with van der Waals surface area (Å²) < 4.78 is 6.66. The van der Waals surface area contributed by atoms with Gasteiger partial charge in [-0.05, 0) is 7.05 Å². The van der Waals surface area contributed by atoms with E-state index in [4.69, 9.17) is 4.74 Å². The number of rotatable bonds is 7. The van der Waals surface area contributed by atoms with Crippen molar-refractivity contribution < 1.29 is 9.53 Å². The maximum atomic E-state index is 11.5. The van der Waals surface area contributed by atoms with Crippen LogP contribution in [0.5, 0.6) is 0 Å². The van der Waals surface area contributed by atoms with Gasteiger partial charge in [-0.15, -0.1) is 0 Å². The van der Waals surface area contributed by atoms with E-state index in [2.05, 4.69) is 15.6 Å². The first-order chi connectivity index (χ1) is 7.77. The van der Waals surface area contributed by atoms with Crippen molar-refractivity contribution in [1.82, 2.24) is 20.2 Å². The molecular weight excluding hydrogens is 208 g/mol. The second-order valence-corrected chi connectivity index (χ2v) is 3.39. The molecule has 90 valence electrons. The number of amides is 1. The molecule has 1 aromatic rings. The minimum atomic E-state index is -0.0348. The zero-order valence-corrected chi connectivity index (χ0v) is 9.69. The summed E-state index contributed by atoms with van der Waals surface area (Å²) in [6.07, 6.45) is 3.40. The van der Waals surface area contributed by atoms with E-state index in [9.17, 15) is 4.79 Å². The fourth-order valence-corrected chi connectivity index (χ4v) is 1.32. The molecule has 0 radical (unpaired) electrons. The molecule has 2 N–H and O–H groups in total. The van der Waals surface area contributed by atoms with Gasteiger partial charge < -0.3 is 19.9 Å². The first kappa shape index (κ1) is 12.7. The molecule has 0 fully saturated rings. The highest BCUT2D eigenvalue weighted by atomic mass is 16.5. The predicted molar refractivity (Wildman–Crippen MR) is 59.9 cm³/mol. The summed E-state index contributed by atoms with van der Waals surface area (Å²) in [7, 11) is 3.46. The zero-order valence-electron chi connectivity index (χ0n) is 9.69. The third-order valence-electron chi connectivity index (χ3n) is 2.10. The Morgan fingerprint density at radius 3 is 3.12 bits per heavy atom. The monoisotopic (exact) mass is 226 g/mol. The van der Waals surface area contributed by atoms with Crippen molar-refractivity contribution in [2.45, 2.75) is 13.1 Å². The molecule has 0 spiro atoms. The topological polar surface area (TPSA) is 68.2 Å². The lowest BCUT2D eigenvalue weighted by atomic mass is 10.4. The maximum absolute atomic E-state index is 11.5. The third-order valence-corrected chi connectivity index (χ3v) is 2.10. The van der Waals surface area contributed by atoms with Crippen LogP contribution in [0.15, 0.2) is 12.5 Å². The molecule has 0 saturated heterocycles. The molecule has 0 bridgehead atoms. The molecule has 0 atom stereocenters. The summed E-state index contributed by atoms with van der Waals surface area (Å²) in [4.78, 5) is 15.5. The molecule has 0 aliphatic carbocycles. The van der Waals surface area contributed by atoms with Crippen LogP contribution in [-0.4, -0.2) is 42.8 Å². The van der Waals surface area contributed by atoms with Crippen molar-refractivity contribution >= 4 is 5.91 Å². The Morgan fingerprint density at radius 2 is 2.44 bits per heavy atom. The normalized spacial score (nSPS) is 10.4. The van der Waals surface area contributed by atoms with Crippen LogP contribution in [0.25, 0.3) is 0 Å². The van der Waals surface area contributed by atoms with Crippen LogP contribution >= 0.6 is 0 Å². The van der Waals surface area contributed by atoms with Gasteiger partial charge in [-0.25, -0.2) is 4.98 Å². The van der Waals surface area contributed by atoms with Crippen molar-refractivity contribution in [3.63, 3.8) is 0 Å². The van der Waals surface area contributed by atoms with Crippen LogP contribution in [0.3, 0.4) is 0 Å². The molecule has 0 aliphatic rings. The fourth-order valence-electron chi connectivity index (χ4n) is 1.32. The molecule has 0 aliphatic heterocycles. The van der Waals surface area contributed by atoms with Gasteiger partial charge in [0.1, 0.15) is 6.54 Å². The van der Waals surface area contributed by atoms with Crippen molar-refractivity contribution in [2.75, 3.05) is 27.3 Å². The second kappa shape index (κ2) is 6.97. The average Bonchev–Trinajstić information content (AvgIpc) is 2.67. The molecule has 6 nitrogen and oxygen atoms in total. The Kier molecular flexibility index (Phi) is 5.52. The van der Waals surface area contributed by atoms with E-state index in [-0.39, 0.29) is 5.91 Å². The first-order valence-corrected chi connectivity index (χ1v) is 5.17. The van der Waals surface area contributed by atoms with Gasteiger partial charge >= 0.3 is 0 Å². The quantitative estimate of drug-likeness (QED) is 0.607. The lowest BCUT2D eigenvalue weighted by molar-refractivity contribution is -0.121. The third kappa shape index (κ3) is 4.00. The zero-order chi connectivity index (χ0) is 11.8. The minimum Gasteiger partial charge on any atom is -0.383 e. The van der Waals surface area contributed by atoms with Gasteiger partial charge in [0.25, 0.3) is 0 Å². The molecule has 0 unspecified atom stereocenters. The largest absolute Gasteiger partial charge is 0.383 e. The standard InChI is InChI=1S/C10H18N4O2/c1-11-5-9-6-12-8-14(9)7-10(15)13-3-4-16-2/h6,8,11H,3-5,7H2,1-2H3,(H,13,15). The van der Waals surface area contributed by atoms with E-state index in [0.29, 0.717) is 26.2 Å². The van der Waals surface area contributed by atoms with Crippen molar-refractivity contribution in [1.29, 1.82) is 0 Å². The molecule has 1 heterocycles. The van der Waals surface area contributed by atoms with Crippen molar-refractivity contribution in [2.24, 2.45) is 0 Å². The smallest absolute Gasteiger partial charge is 0.240 e. The van der Waals surface area contributed by atoms with Gasteiger partial charge in [-0.1, -0.05) is 0 Å². The number of nitrogens with zero attached hydrogens (tertiary/aromatic N) is 2. The van der Waals surface area contributed by atoms with E-state index in [1.807, 2.05) is 11.6 Å². The van der Waals surface area contributed by atoms with E-state index >= 15 is 0 Å². The lowest BCUT2D eigenvalue weighted by Crippen LogP contribution is -2.30. The van der Waals surface area contributed by atoms with Crippen molar-refractivity contribution in [3.05, 3.63) is 18.2 Å². The number of hydrogen-bond acceptors (Lipinski definition) is 4. The Hall–Kier alpha value is -1.40. The number of ether oxygens (including phenoxy) is 1. The van der Waals surface area contributed by atoms with Crippen LogP contribution in [0.4, 0.5) is 0 Å². The van der Waals surface area contributed by atoms with E-state index < -0.39 is 0 Å². The van der Waals surface area contributed by atoms with Crippen LogP contribution in [0.1, 0.15) is 5.69 Å². The Morgan fingerprint density at radius 1 is 1.62 bits per heavy atom. The highest BCUT2D eigenvalue weighted by molar-refractivity contribution is 5.75. The van der Waals surface area contributed by atoms with Gasteiger partial charge in [0.05, 0.1) is 18.6 Å². The van der Waals surface area contributed by atoms with E-state index in [0.717, 1.165) is 5.69 Å². The second-order valence-electron chi connectivity index (χ2n) is 3.39. The van der Waals surface area contributed by atoms with Crippen LogP contribution in [-0.2, 0) is 22.6 Å². The fraction of sp³-hybridized carbons (Fsp3) is 0.600. The molecule has 1 rings (SSSR count). The number of carbonyl (C=O) groups excluding carboxylic acids is 1. The predicted octanol–water partition coefficient (Wildman–Crippen LogP) is -0.635. The highest BCUT2D eigenvalue weighted by Crippen LogP contribution is 1.98. The first-order valence-electron chi connectivity index (χ1n) is 5.17. The van der Waals surface area contributed by atoms with Crippen LogP contribution in [0, 0.1) is 0 Å². The average molecular weight is 226 g/mol. The Labute approximate surface area is 95.0 Å². The summed E-state index contributed by atoms with van der Waals surface area (Å²) >= 11 is 0. The highest BCUT2D eigenvalue weighted by Gasteiger charge is 2.05. The number of methoxy groups -OCH3 is 1. The summed E-state index contributed by atoms with van der Waals surface area (Å²) in [5.74, 6) is -0.0348. The molecule has 0 saturated carbocycles. The summed E-state index contributed by atoms with van der Waals surface area (Å²) in [6.45, 7) is 2.05. The van der Waals surface area contributed by atoms with Crippen LogP contribution in [0.2, 0.25) is 0 Å². The summed E-state index contributed by atoms with van der Waals surface area (Å²) in [6, 6.07) is 0. The molecular formula is C10H18N4O2. The molecule has 6 heteroatoms. The van der Waals surface area contributed by atoms with Crippen molar-refractivity contribution in [3.8, 4) is 0 Å². The SMILES string of the molecule is CNCc1cncn1CC(=O)NCCOC. The Bertz CT molecular complexity index is 324. The van der Waals surface area contributed by atoms with Gasteiger partial charge in [-0.3, -0.25) is 4.79 Å². The molecule has 1 aromatic heterocycles. The van der Waals surface area contributed by atoms with Gasteiger partial charge in [0, 0.05) is 26.4 Å². The van der Waals surface area contributed by atoms with E-state index in [1.54, 1.807) is 19.6 Å². The number of carbonyl (C=O) groups is 1. The molecule has 16 heavy (non-hydrogen) atoms. The lowest BCUT2D eigenvalue weighted by Gasteiger charge is -2.08. The number of hydrogen-bond donors (Lipinski definition) is 2. The van der Waals surface area contributed by atoms with Gasteiger partial charge in [0.15, 0.2) is 0 Å².